The van der Waals surface area contributed by atoms with Crippen molar-refractivity contribution in [3.8, 4) is 0 Å². The van der Waals surface area contributed by atoms with Crippen LogP contribution in [0, 0.1) is 0 Å². The first kappa shape index (κ1) is 12.3. The van der Waals surface area contributed by atoms with E-state index in [-0.39, 0.29) is 12.6 Å². The van der Waals surface area contributed by atoms with E-state index in [0.29, 0.717) is 0 Å². The van der Waals surface area contributed by atoms with Crippen LogP contribution in [0.2, 0.25) is 4.34 Å². The van der Waals surface area contributed by atoms with Crippen LogP contribution < -0.4 is 5.32 Å². The Labute approximate surface area is 105 Å². The van der Waals surface area contributed by atoms with Gasteiger partial charge in [-0.3, -0.25) is 4.90 Å². The highest BCUT2D eigenvalue weighted by molar-refractivity contribution is 7.16. The third-order valence-corrected chi connectivity index (χ3v) is 4.24. The van der Waals surface area contributed by atoms with E-state index in [9.17, 15) is 5.11 Å². The molecule has 1 fully saturated rings. The van der Waals surface area contributed by atoms with Crippen LogP contribution >= 0.6 is 22.9 Å². The summed E-state index contributed by atoms with van der Waals surface area (Å²) in [6.07, 6.45) is 1.13. The molecule has 0 saturated carbocycles. The second-order valence-electron chi connectivity index (χ2n) is 3.98. The van der Waals surface area contributed by atoms with Gasteiger partial charge in [0.05, 0.1) is 17.0 Å². The Morgan fingerprint density at radius 1 is 1.44 bits per heavy atom. The summed E-state index contributed by atoms with van der Waals surface area (Å²) in [5.74, 6) is 0. The van der Waals surface area contributed by atoms with Crippen molar-refractivity contribution in [1.82, 2.24) is 10.2 Å². The molecule has 5 heteroatoms. The van der Waals surface area contributed by atoms with Gasteiger partial charge in [-0.25, -0.2) is 0 Å². The van der Waals surface area contributed by atoms with Crippen molar-refractivity contribution in [2.45, 2.75) is 12.5 Å². The fraction of sp³-hybridized carbons (Fsp3) is 0.636. The number of rotatable bonds is 3. The minimum atomic E-state index is 0.109. The second kappa shape index (κ2) is 5.98. The lowest BCUT2D eigenvalue weighted by Crippen LogP contribution is -2.33. The Morgan fingerprint density at radius 2 is 2.31 bits per heavy atom. The maximum atomic E-state index is 9.53. The Morgan fingerprint density at radius 3 is 3.00 bits per heavy atom. The van der Waals surface area contributed by atoms with Gasteiger partial charge < -0.3 is 10.4 Å². The predicted octanol–water partition coefficient (Wildman–Crippen LogP) is 1.73. The van der Waals surface area contributed by atoms with E-state index in [1.54, 1.807) is 11.3 Å². The molecule has 1 unspecified atom stereocenters. The van der Waals surface area contributed by atoms with E-state index >= 15 is 0 Å². The second-order valence-corrected chi connectivity index (χ2v) is 5.73. The van der Waals surface area contributed by atoms with E-state index in [1.165, 1.54) is 0 Å². The number of nitrogens with one attached hydrogen (secondary N) is 1. The fourth-order valence-electron chi connectivity index (χ4n) is 2.07. The Hall–Kier alpha value is -0.130. The van der Waals surface area contributed by atoms with Crippen LogP contribution in [0.5, 0.6) is 0 Å². The molecule has 1 aliphatic rings. The topological polar surface area (TPSA) is 35.5 Å². The first-order valence-corrected chi connectivity index (χ1v) is 6.81. The maximum Gasteiger partial charge on any atom is 0.0931 e. The van der Waals surface area contributed by atoms with E-state index in [2.05, 4.69) is 10.2 Å². The molecule has 1 aromatic rings. The molecular weight excluding hydrogens is 244 g/mol. The first-order valence-electron chi connectivity index (χ1n) is 5.62. The molecule has 2 heterocycles. The van der Waals surface area contributed by atoms with Crippen LogP contribution in [0.3, 0.4) is 0 Å². The summed E-state index contributed by atoms with van der Waals surface area (Å²) in [6, 6.07) is 4.03. The number of aliphatic hydroxyl groups excluding tert-OH is 1. The molecule has 2 rings (SSSR count). The molecule has 0 bridgehead atoms. The average molecular weight is 261 g/mol. The van der Waals surface area contributed by atoms with Crippen molar-refractivity contribution in [1.29, 1.82) is 0 Å². The number of hydrogen-bond donors (Lipinski definition) is 2. The number of thiophene rings is 1. The summed E-state index contributed by atoms with van der Waals surface area (Å²) in [7, 11) is 0. The highest BCUT2D eigenvalue weighted by Crippen LogP contribution is 2.30. The summed E-state index contributed by atoms with van der Waals surface area (Å²) < 4.78 is 0.793. The summed E-state index contributed by atoms with van der Waals surface area (Å²) >= 11 is 7.50. The number of nitrogens with zero attached hydrogens (tertiary/aromatic N) is 1. The molecular formula is C11H17ClN2OS. The third-order valence-electron chi connectivity index (χ3n) is 2.91. The third kappa shape index (κ3) is 2.96. The van der Waals surface area contributed by atoms with Crippen LogP contribution in [-0.2, 0) is 0 Å². The molecule has 1 aromatic heterocycles. The lowest BCUT2D eigenvalue weighted by atomic mass is 10.2. The standard InChI is InChI=1S/C11H17ClN2OS/c12-11-3-2-10(16-11)9(8-15)14-6-1-4-13-5-7-14/h2-3,9,13,15H,1,4-8H2. The summed E-state index contributed by atoms with van der Waals surface area (Å²) in [5.41, 5.74) is 0. The molecule has 3 nitrogen and oxygen atoms in total. The molecule has 0 aromatic carbocycles. The monoisotopic (exact) mass is 260 g/mol. The predicted molar refractivity (Wildman–Crippen MR) is 68.2 cm³/mol. The minimum Gasteiger partial charge on any atom is -0.394 e. The van der Waals surface area contributed by atoms with Crippen molar-refractivity contribution in [3.63, 3.8) is 0 Å². The molecule has 16 heavy (non-hydrogen) atoms. The Bertz CT molecular complexity index is 324. The maximum absolute atomic E-state index is 9.53. The lowest BCUT2D eigenvalue weighted by molar-refractivity contribution is 0.132. The molecule has 0 radical (unpaired) electrons. The molecule has 0 aliphatic carbocycles. The van der Waals surface area contributed by atoms with Crippen molar-refractivity contribution < 1.29 is 5.11 Å². The van der Waals surface area contributed by atoms with Crippen LogP contribution in [0.1, 0.15) is 17.3 Å². The average Bonchev–Trinajstić information content (AvgIpc) is 2.55. The minimum absolute atomic E-state index is 0.109. The van der Waals surface area contributed by atoms with Crippen molar-refractivity contribution in [3.05, 3.63) is 21.3 Å². The smallest absolute Gasteiger partial charge is 0.0931 e. The normalized spacial score (nSPS) is 20.6. The van der Waals surface area contributed by atoms with Crippen LogP contribution in [0.25, 0.3) is 0 Å². The van der Waals surface area contributed by atoms with Gasteiger partial charge in [0, 0.05) is 24.5 Å². The van der Waals surface area contributed by atoms with E-state index in [4.69, 9.17) is 11.6 Å². The number of aliphatic hydroxyl groups is 1. The molecule has 1 saturated heterocycles. The largest absolute Gasteiger partial charge is 0.394 e. The van der Waals surface area contributed by atoms with Gasteiger partial charge in [-0.1, -0.05) is 11.6 Å². The van der Waals surface area contributed by atoms with Gasteiger partial charge in [0.15, 0.2) is 0 Å². The highest BCUT2D eigenvalue weighted by Gasteiger charge is 2.21. The van der Waals surface area contributed by atoms with E-state index in [1.807, 2.05) is 12.1 Å². The zero-order valence-electron chi connectivity index (χ0n) is 9.16. The fourth-order valence-corrected chi connectivity index (χ4v) is 3.26. The van der Waals surface area contributed by atoms with Gasteiger partial charge in [-0.05, 0) is 25.1 Å². The molecule has 0 spiro atoms. The number of hydrogen-bond acceptors (Lipinski definition) is 4. The van der Waals surface area contributed by atoms with Crippen molar-refractivity contribution in [2.75, 3.05) is 32.8 Å². The molecule has 90 valence electrons. The van der Waals surface area contributed by atoms with Crippen LogP contribution in [0.4, 0.5) is 0 Å². The molecule has 1 atom stereocenters. The van der Waals surface area contributed by atoms with Gasteiger partial charge in [0.2, 0.25) is 0 Å². The van der Waals surface area contributed by atoms with Crippen LogP contribution in [0.15, 0.2) is 12.1 Å². The highest BCUT2D eigenvalue weighted by atomic mass is 35.5. The SMILES string of the molecule is OCC(c1ccc(Cl)s1)N1CCCNCC1. The van der Waals surface area contributed by atoms with Gasteiger partial charge in [-0.15, -0.1) is 11.3 Å². The zero-order chi connectivity index (χ0) is 11.4. The Kier molecular flexibility index (Phi) is 4.61. The van der Waals surface area contributed by atoms with Crippen molar-refractivity contribution in [2.24, 2.45) is 0 Å². The summed E-state index contributed by atoms with van der Waals surface area (Å²) in [4.78, 5) is 3.50. The molecule has 2 N–H and O–H groups in total. The lowest BCUT2D eigenvalue weighted by Gasteiger charge is -2.27. The Balaban J connectivity index is 2.08. The van der Waals surface area contributed by atoms with Crippen molar-refractivity contribution >= 4 is 22.9 Å². The first-order chi connectivity index (χ1) is 7.81. The van der Waals surface area contributed by atoms with Gasteiger partial charge >= 0.3 is 0 Å². The zero-order valence-corrected chi connectivity index (χ0v) is 10.7. The van der Waals surface area contributed by atoms with Gasteiger partial charge in [0.1, 0.15) is 0 Å². The molecule has 0 amide bonds. The van der Waals surface area contributed by atoms with E-state index < -0.39 is 0 Å². The van der Waals surface area contributed by atoms with Gasteiger partial charge in [-0.2, -0.15) is 0 Å². The van der Waals surface area contributed by atoms with Crippen LogP contribution in [-0.4, -0.2) is 42.8 Å². The number of halogens is 1. The van der Waals surface area contributed by atoms with E-state index in [0.717, 1.165) is 41.8 Å². The summed E-state index contributed by atoms with van der Waals surface area (Å²) in [5, 5.41) is 12.9. The van der Waals surface area contributed by atoms with Gasteiger partial charge in [0.25, 0.3) is 0 Å². The molecule has 1 aliphatic heterocycles. The quantitative estimate of drug-likeness (QED) is 0.869. The summed E-state index contributed by atoms with van der Waals surface area (Å²) in [6.45, 7) is 4.25.